The van der Waals surface area contributed by atoms with Crippen LogP contribution in [0.4, 0.5) is 0 Å². The smallest absolute Gasteiger partial charge is 0 e. The average molecular weight is 448 g/mol. The first-order valence-corrected chi connectivity index (χ1v) is 10.6. The van der Waals surface area contributed by atoms with Gasteiger partial charge >= 0.3 is 57.0 Å². The molecule has 0 aromatic heterocycles. The van der Waals surface area contributed by atoms with E-state index in [1.165, 1.54) is 0 Å². The van der Waals surface area contributed by atoms with Crippen molar-refractivity contribution in [3.05, 3.63) is 6.92 Å². The van der Waals surface area contributed by atoms with Gasteiger partial charge in [0, 0.05) is 32.7 Å². The molecule has 3 heteroatoms. The minimum absolute atomic E-state index is 0. The van der Waals surface area contributed by atoms with Gasteiger partial charge in [0.2, 0.25) is 0 Å². The molecule has 1 unspecified atom stereocenters. The molecule has 0 amide bonds. The number of rotatable bonds is 0. The summed E-state index contributed by atoms with van der Waals surface area (Å²) in [5.41, 5.74) is 0.283. The summed E-state index contributed by atoms with van der Waals surface area (Å²) in [5, 5.41) is 0.639. The zero-order valence-electron chi connectivity index (χ0n) is 10.2. The summed E-state index contributed by atoms with van der Waals surface area (Å²) in [5.74, 6) is 0. The van der Waals surface area contributed by atoms with E-state index >= 15 is 0 Å². The van der Waals surface area contributed by atoms with Gasteiger partial charge in [-0.05, 0) is 0 Å². The fourth-order valence-corrected chi connectivity index (χ4v) is 0. The van der Waals surface area contributed by atoms with Gasteiger partial charge in [-0.15, -0.1) is 0 Å². The molecule has 0 aliphatic rings. The topological polar surface area (TPSA) is 0 Å². The molecule has 0 rings (SSSR count). The van der Waals surface area contributed by atoms with Gasteiger partial charge in [-0.1, -0.05) is 20.8 Å². The van der Waals surface area contributed by atoms with Gasteiger partial charge in [-0.2, -0.15) is 5.41 Å². The molecule has 1 atom stereocenters. The molecule has 1 radical (unpaired) electrons. The van der Waals surface area contributed by atoms with Crippen LogP contribution in [0, 0.1) is 12.3 Å². The van der Waals surface area contributed by atoms with E-state index in [0.29, 0.717) is 5.16 Å². The van der Waals surface area contributed by atoms with Crippen molar-refractivity contribution in [2.45, 2.75) is 46.7 Å². The normalized spacial score (nSPS) is 13.5. The SMILES string of the molecule is C[PH](=[W])C(C)(C)C.[CH2-]C(C)(C)C.[Y]. The van der Waals surface area contributed by atoms with E-state index in [1.54, 1.807) is 18.8 Å². The summed E-state index contributed by atoms with van der Waals surface area (Å²) in [6.45, 7) is 19.4. The Morgan fingerprint density at radius 3 is 1.08 bits per heavy atom. The monoisotopic (exact) mass is 448 g/mol. The van der Waals surface area contributed by atoms with Crippen LogP contribution in [0.3, 0.4) is 0 Å². The molecule has 0 spiro atoms. The minimum Gasteiger partial charge on any atom is -0.338 e. The number of hydrogen-bond donors (Lipinski definition) is 0. The van der Waals surface area contributed by atoms with Gasteiger partial charge in [0.15, 0.2) is 0 Å². The van der Waals surface area contributed by atoms with Gasteiger partial charge in [-0.3, -0.25) is 0 Å². The first-order valence-electron chi connectivity index (χ1n) is 4.31. The largest absolute Gasteiger partial charge is 0.338 e. The third kappa shape index (κ3) is 31.4. The Balaban J connectivity index is -0.000000150. The van der Waals surface area contributed by atoms with Crippen LogP contribution in [0.2, 0.25) is 0 Å². The Hall–Kier alpha value is 2.22. The molecule has 0 N–H and O–H groups in total. The van der Waals surface area contributed by atoms with Gasteiger partial charge in [-0.25, -0.2) is 0 Å². The minimum atomic E-state index is 0. The Bertz CT molecular complexity index is 136. The first-order chi connectivity index (χ1) is 4.94. The van der Waals surface area contributed by atoms with Crippen LogP contribution in [-0.4, -0.2) is 11.8 Å². The second kappa shape index (κ2) is 8.38. The maximum Gasteiger partial charge on any atom is 0 e. The van der Waals surface area contributed by atoms with Gasteiger partial charge in [0.1, 0.15) is 0 Å². The van der Waals surface area contributed by atoms with Crippen molar-refractivity contribution in [2.75, 3.05) is 6.66 Å². The van der Waals surface area contributed by atoms with Crippen molar-refractivity contribution < 1.29 is 51.5 Å². The molecule has 0 bridgehead atoms. The van der Waals surface area contributed by atoms with Crippen LogP contribution < -0.4 is 0 Å². The van der Waals surface area contributed by atoms with Gasteiger partial charge < -0.3 is 6.92 Å². The standard InChI is InChI=1S/C5H13P.C5H11.W.Y/c1-5(2,3)6-4;1-5(2,3)4;;/h6H,1-4H3;1H2,2-4H3;;/q;-1;;. The summed E-state index contributed by atoms with van der Waals surface area (Å²) in [6, 6.07) is 0. The van der Waals surface area contributed by atoms with Gasteiger partial charge in [0.05, 0.1) is 0 Å². The van der Waals surface area contributed by atoms with Crippen LogP contribution >= 0.6 is 5.56 Å². The quantitative estimate of drug-likeness (QED) is 0.389. The van der Waals surface area contributed by atoms with Crippen LogP contribution in [0.15, 0.2) is 0 Å². The Labute approximate surface area is 121 Å². The van der Waals surface area contributed by atoms with E-state index in [-0.39, 0.29) is 43.7 Å². The summed E-state index contributed by atoms with van der Waals surface area (Å²) in [4.78, 5) is 0. The third-order valence-corrected chi connectivity index (χ3v) is 9.77. The van der Waals surface area contributed by atoms with Crippen LogP contribution in [-0.2, 0) is 51.5 Å². The molecule has 0 saturated carbocycles. The molecule has 0 aliphatic carbocycles. The third-order valence-electron chi connectivity index (χ3n) is 1.06. The maximum atomic E-state index is 3.77. The Morgan fingerprint density at radius 1 is 1.00 bits per heavy atom. The van der Waals surface area contributed by atoms with E-state index < -0.39 is 0 Å². The molecule has 0 aliphatic heterocycles. The molecule has 0 fully saturated rings. The zero-order valence-corrected chi connectivity index (χ0v) is 17.0. The molecule has 0 saturated heterocycles. The van der Waals surface area contributed by atoms with Crippen molar-refractivity contribution in [3.8, 4) is 0 Å². The van der Waals surface area contributed by atoms with Gasteiger partial charge in [0.25, 0.3) is 0 Å². The van der Waals surface area contributed by atoms with E-state index in [9.17, 15) is 0 Å². The van der Waals surface area contributed by atoms with E-state index in [4.69, 9.17) is 0 Å². The van der Waals surface area contributed by atoms with Crippen molar-refractivity contribution in [1.82, 2.24) is 0 Å². The summed E-state index contributed by atoms with van der Waals surface area (Å²) >= 11 is 1.80. The predicted octanol–water partition coefficient (Wildman–Crippen LogP) is 3.95. The molecular weight excluding hydrogens is 424 g/mol. The first kappa shape index (κ1) is 20.6. The van der Waals surface area contributed by atoms with Crippen molar-refractivity contribution in [1.29, 1.82) is 0 Å². The fourth-order valence-electron chi connectivity index (χ4n) is 0. The Morgan fingerprint density at radius 2 is 1.08 bits per heavy atom. The van der Waals surface area contributed by atoms with Crippen molar-refractivity contribution in [3.63, 3.8) is 0 Å². The summed E-state index contributed by atoms with van der Waals surface area (Å²) in [6.07, 6.45) is 0. The summed E-state index contributed by atoms with van der Waals surface area (Å²) in [7, 11) is 0. The molecule has 0 heterocycles. The van der Waals surface area contributed by atoms with Crippen molar-refractivity contribution in [2.24, 2.45) is 5.41 Å². The van der Waals surface area contributed by atoms with Crippen molar-refractivity contribution >= 4 is 5.56 Å². The summed E-state index contributed by atoms with van der Waals surface area (Å²) < 4.78 is 0. The predicted molar refractivity (Wildman–Crippen MR) is 58.8 cm³/mol. The van der Waals surface area contributed by atoms with E-state index in [1.807, 2.05) is 0 Å². The zero-order chi connectivity index (χ0) is 10.6. The fraction of sp³-hybridized carbons (Fsp3) is 0.900. The molecule has 0 nitrogen and oxygen atoms in total. The molecular formula is C10H24PWY-. The molecule has 0 aromatic carbocycles. The van der Waals surface area contributed by atoms with E-state index in [2.05, 4.69) is 55.1 Å². The van der Waals surface area contributed by atoms with Crippen LogP contribution in [0.5, 0.6) is 0 Å². The Kier molecular flexibility index (Phi) is 13.3. The van der Waals surface area contributed by atoms with E-state index in [0.717, 1.165) is 0 Å². The molecule has 0 aromatic rings. The number of hydrogen-bond acceptors (Lipinski definition) is 0. The average Bonchev–Trinajstić information content (AvgIpc) is 1.55. The van der Waals surface area contributed by atoms with Crippen LogP contribution in [0.1, 0.15) is 41.5 Å². The van der Waals surface area contributed by atoms with Crippen LogP contribution in [0.25, 0.3) is 0 Å². The molecule has 13 heavy (non-hydrogen) atoms. The second-order valence-corrected chi connectivity index (χ2v) is 14.6. The second-order valence-electron chi connectivity index (χ2n) is 5.37. The molecule has 79 valence electrons. The maximum absolute atomic E-state index is 3.77.